The minimum Gasteiger partial charge on any atom is -0.289 e. The molecule has 0 saturated carbocycles. The Kier molecular flexibility index (Phi) is 5.54. The van der Waals surface area contributed by atoms with Gasteiger partial charge in [0, 0.05) is 35.1 Å². The smallest absolute Gasteiger partial charge is 0.263 e. The van der Waals surface area contributed by atoms with Gasteiger partial charge in [-0.2, -0.15) is 10.2 Å². The van der Waals surface area contributed by atoms with E-state index in [0.717, 1.165) is 23.5 Å². The second kappa shape index (κ2) is 8.67. The number of amides is 1. The first-order chi connectivity index (χ1) is 16.4. The summed E-state index contributed by atoms with van der Waals surface area (Å²) in [6, 6.07) is 6.27. The molecule has 0 spiro atoms. The Hall–Kier alpha value is -4.12. The van der Waals surface area contributed by atoms with Gasteiger partial charge in [-0.1, -0.05) is 17.7 Å². The summed E-state index contributed by atoms with van der Waals surface area (Å²) < 4.78 is 18.9. The van der Waals surface area contributed by atoms with Crippen LogP contribution in [0.25, 0.3) is 16.9 Å². The van der Waals surface area contributed by atoms with Gasteiger partial charge in [0.1, 0.15) is 17.7 Å². The lowest BCUT2D eigenvalue weighted by Gasteiger charge is -2.05. The van der Waals surface area contributed by atoms with Gasteiger partial charge < -0.3 is 0 Å². The predicted octanol–water partition coefficient (Wildman–Crippen LogP) is 3.61. The van der Waals surface area contributed by atoms with Crippen LogP contribution >= 0.6 is 11.6 Å². The number of fused-ring (bicyclic) bond motifs is 1. The third kappa shape index (κ3) is 3.90. The first-order valence-electron chi connectivity index (χ1n) is 10.5. The average Bonchev–Trinajstić information content (AvgIpc) is 3.54. The number of carbonyl (C=O) groups excluding carboxylic acids is 1. The molecular weight excluding hydrogens is 461 g/mol. The molecule has 34 heavy (non-hydrogen) atoms. The molecule has 0 bridgehead atoms. The first-order valence-corrected chi connectivity index (χ1v) is 10.8. The van der Waals surface area contributed by atoms with E-state index in [9.17, 15) is 9.18 Å². The number of carbonyl (C=O) groups is 1. The van der Waals surface area contributed by atoms with Crippen LogP contribution < -0.4 is 5.32 Å². The number of anilines is 1. The van der Waals surface area contributed by atoms with E-state index in [1.54, 1.807) is 16.8 Å². The van der Waals surface area contributed by atoms with Crippen LogP contribution in [0.2, 0.25) is 5.02 Å². The Morgan fingerprint density at radius 1 is 1.18 bits per heavy atom. The quantitative estimate of drug-likeness (QED) is 0.398. The summed E-state index contributed by atoms with van der Waals surface area (Å²) in [5, 5.41) is 16.0. The summed E-state index contributed by atoms with van der Waals surface area (Å²) in [6.45, 7) is 4.74. The molecule has 0 saturated heterocycles. The van der Waals surface area contributed by atoms with E-state index in [4.69, 9.17) is 11.6 Å². The number of rotatable bonds is 6. The lowest BCUT2D eigenvalue weighted by molar-refractivity contribution is 0.102. The van der Waals surface area contributed by atoms with Gasteiger partial charge in [0.2, 0.25) is 5.95 Å². The van der Waals surface area contributed by atoms with Crippen molar-refractivity contribution in [3.63, 3.8) is 0 Å². The largest absolute Gasteiger partial charge is 0.289 e. The minimum absolute atomic E-state index is 0.0630. The van der Waals surface area contributed by atoms with Gasteiger partial charge in [-0.3, -0.25) is 14.8 Å². The molecule has 0 aliphatic carbocycles. The molecule has 0 atom stereocenters. The monoisotopic (exact) mass is 479 g/mol. The molecule has 1 N–H and O–H groups in total. The standard InChI is InChI=1S/C22H19ClFN9O/c1-3-31-10-15(13(2)29-31)19-7-8-25-20-14(9-27-33(19)20)21(34)28-22-26-12-32(30-22)11-16-17(23)5-4-6-18(16)24/h4-10,12H,3,11H2,1-2H3,(H,28,30,34). The highest BCUT2D eigenvalue weighted by Gasteiger charge is 2.19. The number of aryl methyl sites for hydroxylation is 2. The highest BCUT2D eigenvalue weighted by Crippen LogP contribution is 2.24. The summed E-state index contributed by atoms with van der Waals surface area (Å²) in [6.07, 6.45) is 6.39. The molecule has 5 aromatic rings. The average molecular weight is 480 g/mol. The molecule has 4 heterocycles. The van der Waals surface area contributed by atoms with E-state index < -0.39 is 11.7 Å². The molecule has 1 aromatic carbocycles. The number of hydrogen-bond donors (Lipinski definition) is 1. The number of halogens is 2. The highest BCUT2D eigenvalue weighted by molar-refractivity contribution is 6.31. The van der Waals surface area contributed by atoms with Crippen LogP contribution in [-0.2, 0) is 13.1 Å². The molecule has 0 aliphatic rings. The van der Waals surface area contributed by atoms with Gasteiger partial charge in [-0.15, -0.1) is 5.10 Å². The van der Waals surface area contributed by atoms with Gasteiger partial charge in [0.25, 0.3) is 5.91 Å². The van der Waals surface area contributed by atoms with Crippen molar-refractivity contribution in [1.29, 1.82) is 0 Å². The van der Waals surface area contributed by atoms with Crippen molar-refractivity contribution in [1.82, 2.24) is 39.1 Å². The number of hydrogen-bond acceptors (Lipinski definition) is 6. The fourth-order valence-electron chi connectivity index (χ4n) is 3.63. The fraction of sp³-hybridized carbons (Fsp3) is 0.182. The normalized spacial score (nSPS) is 11.3. The van der Waals surface area contributed by atoms with Crippen LogP contribution in [0.4, 0.5) is 10.3 Å². The molecule has 4 aromatic heterocycles. The summed E-state index contributed by atoms with van der Waals surface area (Å²) >= 11 is 6.08. The lowest BCUT2D eigenvalue weighted by atomic mass is 10.2. The van der Waals surface area contributed by atoms with Crippen molar-refractivity contribution in [2.24, 2.45) is 0 Å². The van der Waals surface area contributed by atoms with Crippen LogP contribution in [0.1, 0.15) is 28.5 Å². The van der Waals surface area contributed by atoms with Crippen molar-refractivity contribution in [3.05, 3.63) is 76.8 Å². The van der Waals surface area contributed by atoms with E-state index >= 15 is 0 Å². The maximum Gasteiger partial charge on any atom is 0.263 e. The second-order valence-corrected chi connectivity index (χ2v) is 7.93. The zero-order valence-corrected chi connectivity index (χ0v) is 19.0. The maximum atomic E-state index is 14.1. The maximum absolute atomic E-state index is 14.1. The molecule has 10 nitrogen and oxygen atoms in total. The summed E-state index contributed by atoms with van der Waals surface area (Å²) in [7, 11) is 0. The van der Waals surface area contributed by atoms with Crippen molar-refractivity contribution in [2.75, 3.05) is 5.32 Å². The second-order valence-electron chi connectivity index (χ2n) is 7.53. The van der Waals surface area contributed by atoms with Crippen LogP contribution in [0.15, 0.2) is 49.2 Å². The third-order valence-corrected chi connectivity index (χ3v) is 5.69. The highest BCUT2D eigenvalue weighted by atomic mass is 35.5. The van der Waals surface area contributed by atoms with Crippen LogP contribution in [0, 0.1) is 12.7 Å². The fourth-order valence-corrected chi connectivity index (χ4v) is 3.85. The molecule has 172 valence electrons. The molecular formula is C22H19ClFN9O. The summed E-state index contributed by atoms with van der Waals surface area (Å²) in [4.78, 5) is 21.4. The zero-order chi connectivity index (χ0) is 23.8. The Labute approximate surface area is 198 Å². The Bertz CT molecular complexity index is 1500. The van der Waals surface area contributed by atoms with Crippen molar-refractivity contribution in [3.8, 4) is 11.3 Å². The topological polar surface area (TPSA) is 108 Å². The van der Waals surface area contributed by atoms with Crippen molar-refractivity contribution >= 4 is 29.1 Å². The summed E-state index contributed by atoms with van der Waals surface area (Å²) in [5.41, 5.74) is 3.45. The van der Waals surface area contributed by atoms with Crippen molar-refractivity contribution < 1.29 is 9.18 Å². The van der Waals surface area contributed by atoms with Gasteiger partial charge in [0.05, 0.1) is 24.1 Å². The molecule has 1 amide bonds. The molecule has 0 unspecified atom stereocenters. The number of aromatic nitrogens is 8. The predicted molar refractivity (Wildman–Crippen MR) is 123 cm³/mol. The van der Waals surface area contributed by atoms with E-state index in [2.05, 4.69) is 30.6 Å². The Morgan fingerprint density at radius 3 is 2.79 bits per heavy atom. The first kappa shape index (κ1) is 21.7. The number of nitrogens with one attached hydrogen (secondary N) is 1. The molecule has 12 heteroatoms. The number of nitrogens with zero attached hydrogens (tertiary/aromatic N) is 8. The minimum atomic E-state index is -0.470. The zero-order valence-electron chi connectivity index (χ0n) is 18.3. The summed E-state index contributed by atoms with van der Waals surface area (Å²) in [5.74, 6) is -0.850. The van der Waals surface area contributed by atoms with E-state index in [1.807, 2.05) is 30.8 Å². The van der Waals surface area contributed by atoms with Gasteiger partial charge in [-0.05, 0) is 32.0 Å². The van der Waals surface area contributed by atoms with E-state index in [-0.39, 0.29) is 28.6 Å². The SMILES string of the molecule is CCn1cc(-c2ccnc3c(C(=O)Nc4ncn(Cc5c(F)cccc5Cl)n4)cnn23)c(C)n1. The molecule has 5 rings (SSSR count). The van der Waals surface area contributed by atoms with Crippen LogP contribution in [0.5, 0.6) is 0 Å². The van der Waals surface area contributed by atoms with Crippen molar-refractivity contribution in [2.45, 2.75) is 26.9 Å². The molecule has 0 fully saturated rings. The van der Waals surface area contributed by atoms with E-state index in [0.29, 0.717) is 5.65 Å². The van der Waals surface area contributed by atoms with Gasteiger partial charge in [-0.25, -0.2) is 23.6 Å². The van der Waals surface area contributed by atoms with E-state index in [1.165, 1.54) is 29.3 Å². The van der Waals surface area contributed by atoms with Gasteiger partial charge in [0.15, 0.2) is 5.65 Å². The van der Waals surface area contributed by atoms with Crippen LogP contribution in [0.3, 0.4) is 0 Å². The third-order valence-electron chi connectivity index (χ3n) is 5.34. The Balaban J connectivity index is 1.39. The lowest BCUT2D eigenvalue weighted by Crippen LogP contribution is -2.14. The van der Waals surface area contributed by atoms with Crippen LogP contribution in [-0.4, -0.2) is 45.1 Å². The number of benzene rings is 1. The molecule has 0 radical (unpaired) electrons. The molecule has 0 aliphatic heterocycles. The van der Waals surface area contributed by atoms with Gasteiger partial charge >= 0.3 is 0 Å². The Morgan fingerprint density at radius 2 is 2.03 bits per heavy atom.